The van der Waals surface area contributed by atoms with Gasteiger partial charge in [-0.05, 0) is 63.5 Å². The number of aromatic nitrogens is 1. The van der Waals surface area contributed by atoms with E-state index >= 15 is 0 Å². The Hall–Kier alpha value is -4.47. The lowest BCUT2D eigenvalue weighted by molar-refractivity contribution is -0.138. The molecule has 5 aromatic rings. The maximum absolute atomic E-state index is 14.4. The standard InChI is InChI=1S/C35H30BrN3O4S/c1-5-43-34(41)30-31(23-12-7-6-8-13-23)37-35-39(32(30)29-24-14-10-9-11-22(24)16-18-27(29)42-4)33(40)28(44-35)20-21-15-17-26(38(2)3)25(36)19-21/h6-20,32H,5H2,1-4H3/b28-20-. The van der Waals surface area contributed by atoms with Crippen molar-refractivity contribution in [1.29, 1.82) is 0 Å². The van der Waals surface area contributed by atoms with Gasteiger partial charge >= 0.3 is 5.97 Å². The highest BCUT2D eigenvalue weighted by atomic mass is 79.9. The molecule has 0 amide bonds. The average molecular weight is 669 g/mol. The van der Waals surface area contributed by atoms with E-state index in [1.54, 1.807) is 18.6 Å². The third kappa shape index (κ3) is 5.27. The van der Waals surface area contributed by atoms with Gasteiger partial charge in [-0.25, -0.2) is 9.79 Å². The number of benzene rings is 4. The van der Waals surface area contributed by atoms with E-state index in [1.807, 2.05) is 110 Å². The largest absolute Gasteiger partial charge is 0.496 e. The van der Waals surface area contributed by atoms with Gasteiger partial charge in [-0.1, -0.05) is 78.1 Å². The molecule has 6 rings (SSSR count). The van der Waals surface area contributed by atoms with Crippen LogP contribution in [0.5, 0.6) is 5.75 Å². The number of halogens is 1. The smallest absolute Gasteiger partial charge is 0.338 e. The molecule has 1 unspecified atom stereocenters. The van der Waals surface area contributed by atoms with Gasteiger partial charge in [-0.2, -0.15) is 0 Å². The van der Waals surface area contributed by atoms with E-state index in [-0.39, 0.29) is 17.7 Å². The lowest BCUT2D eigenvalue weighted by atomic mass is 9.89. The number of anilines is 1. The van der Waals surface area contributed by atoms with Crippen molar-refractivity contribution in [2.45, 2.75) is 13.0 Å². The molecular weight excluding hydrogens is 638 g/mol. The summed E-state index contributed by atoms with van der Waals surface area (Å²) in [6, 6.07) is 26.4. The van der Waals surface area contributed by atoms with Crippen LogP contribution >= 0.6 is 27.3 Å². The first-order valence-corrected chi connectivity index (χ1v) is 15.7. The van der Waals surface area contributed by atoms with Gasteiger partial charge in [0.25, 0.3) is 5.56 Å². The zero-order chi connectivity index (χ0) is 31.0. The van der Waals surface area contributed by atoms with Gasteiger partial charge in [-0.15, -0.1) is 0 Å². The molecule has 222 valence electrons. The van der Waals surface area contributed by atoms with Crippen molar-refractivity contribution >= 4 is 61.5 Å². The second-order valence-electron chi connectivity index (χ2n) is 10.4. The molecule has 2 heterocycles. The highest BCUT2D eigenvalue weighted by molar-refractivity contribution is 9.10. The topological polar surface area (TPSA) is 73.1 Å². The summed E-state index contributed by atoms with van der Waals surface area (Å²) in [5.74, 6) is 0.0233. The summed E-state index contributed by atoms with van der Waals surface area (Å²) in [4.78, 5) is 35.8. The minimum Gasteiger partial charge on any atom is -0.496 e. The van der Waals surface area contributed by atoms with Gasteiger partial charge in [0.05, 0.1) is 35.2 Å². The Morgan fingerprint density at radius 3 is 2.50 bits per heavy atom. The minimum atomic E-state index is -0.855. The lowest BCUT2D eigenvalue weighted by Crippen LogP contribution is -2.40. The summed E-state index contributed by atoms with van der Waals surface area (Å²) in [6.45, 7) is 1.94. The van der Waals surface area contributed by atoms with E-state index in [1.165, 1.54) is 11.3 Å². The monoisotopic (exact) mass is 667 g/mol. The predicted molar refractivity (Wildman–Crippen MR) is 180 cm³/mol. The number of carbonyl (C=O) groups is 1. The number of ether oxygens (including phenoxy) is 2. The zero-order valence-electron chi connectivity index (χ0n) is 24.7. The maximum Gasteiger partial charge on any atom is 0.338 e. The molecule has 9 heteroatoms. The van der Waals surface area contributed by atoms with Crippen molar-refractivity contribution in [2.75, 3.05) is 32.7 Å². The van der Waals surface area contributed by atoms with Crippen LogP contribution in [-0.4, -0.2) is 38.3 Å². The average Bonchev–Trinajstić information content (AvgIpc) is 3.34. The van der Waals surface area contributed by atoms with Crippen LogP contribution in [-0.2, 0) is 9.53 Å². The zero-order valence-corrected chi connectivity index (χ0v) is 27.1. The molecule has 0 radical (unpaired) electrons. The fourth-order valence-electron chi connectivity index (χ4n) is 5.58. The number of hydrogen-bond donors (Lipinski definition) is 0. The summed E-state index contributed by atoms with van der Waals surface area (Å²) in [5, 5.41) is 1.82. The molecule has 4 aromatic carbocycles. The number of thiazole rings is 1. The van der Waals surface area contributed by atoms with Gasteiger partial charge in [0, 0.05) is 29.7 Å². The molecule has 1 aromatic heterocycles. The molecule has 0 bridgehead atoms. The molecule has 1 aliphatic heterocycles. The van der Waals surface area contributed by atoms with Crippen molar-refractivity contribution in [3.8, 4) is 5.75 Å². The molecule has 0 N–H and O–H groups in total. The maximum atomic E-state index is 14.4. The van der Waals surface area contributed by atoms with Crippen molar-refractivity contribution < 1.29 is 14.3 Å². The van der Waals surface area contributed by atoms with E-state index < -0.39 is 12.0 Å². The summed E-state index contributed by atoms with van der Waals surface area (Å²) < 4.78 is 14.6. The number of esters is 1. The second kappa shape index (κ2) is 12.3. The van der Waals surface area contributed by atoms with Gasteiger partial charge in [0.15, 0.2) is 4.80 Å². The summed E-state index contributed by atoms with van der Waals surface area (Å²) >= 11 is 4.95. The first kappa shape index (κ1) is 29.6. The van der Waals surface area contributed by atoms with Gasteiger partial charge in [0.1, 0.15) is 11.8 Å². The molecule has 0 saturated carbocycles. The first-order valence-electron chi connectivity index (χ1n) is 14.1. The van der Waals surface area contributed by atoms with Crippen LogP contribution in [0.1, 0.15) is 29.7 Å². The second-order valence-corrected chi connectivity index (χ2v) is 12.3. The molecule has 0 saturated heterocycles. The van der Waals surface area contributed by atoms with E-state index in [4.69, 9.17) is 14.5 Å². The third-order valence-corrected chi connectivity index (χ3v) is 9.17. The molecular formula is C35H30BrN3O4S. The van der Waals surface area contributed by atoms with E-state index in [0.717, 1.165) is 32.1 Å². The minimum absolute atomic E-state index is 0.173. The van der Waals surface area contributed by atoms with Gasteiger partial charge < -0.3 is 14.4 Å². The summed E-state index contributed by atoms with van der Waals surface area (Å²) in [7, 11) is 5.55. The Bertz CT molecular complexity index is 2120. The van der Waals surface area contributed by atoms with E-state index in [2.05, 4.69) is 15.9 Å². The SMILES string of the molecule is CCOC(=O)C1=C(c2ccccc2)N=c2s/c(=C\c3ccc(N(C)C)c(Br)c3)c(=O)n2C1c1c(OC)ccc2ccccc12. The van der Waals surface area contributed by atoms with Crippen molar-refractivity contribution in [1.82, 2.24) is 4.57 Å². The third-order valence-electron chi connectivity index (χ3n) is 7.55. The molecule has 7 nitrogen and oxygen atoms in total. The van der Waals surface area contributed by atoms with Crippen LogP contribution in [0.3, 0.4) is 0 Å². The molecule has 44 heavy (non-hydrogen) atoms. The Kier molecular flexibility index (Phi) is 8.25. The van der Waals surface area contributed by atoms with Crippen LogP contribution in [0, 0.1) is 0 Å². The normalized spacial score (nSPS) is 14.8. The molecule has 1 aliphatic rings. The van der Waals surface area contributed by atoms with Crippen LogP contribution in [0.4, 0.5) is 5.69 Å². The van der Waals surface area contributed by atoms with Crippen LogP contribution in [0.25, 0.3) is 22.5 Å². The Morgan fingerprint density at radius 2 is 1.80 bits per heavy atom. The Labute approximate surface area is 267 Å². The number of methoxy groups -OCH3 is 1. The first-order chi connectivity index (χ1) is 21.3. The number of fused-ring (bicyclic) bond motifs is 2. The Balaban J connectivity index is 1.71. The fourth-order valence-corrected chi connectivity index (χ4v) is 7.33. The van der Waals surface area contributed by atoms with Crippen molar-refractivity contribution in [3.63, 3.8) is 0 Å². The Morgan fingerprint density at radius 1 is 1.05 bits per heavy atom. The quantitative estimate of drug-likeness (QED) is 0.201. The van der Waals surface area contributed by atoms with Gasteiger partial charge in [0.2, 0.25) is 0 Å². The number of carbonyl (C=O) groups excluding carboxylic acids is 1. The highest BCUT2D eigenvalue weighted by Gasteiger charge is 2.37. The molecule has 0 spiro atoms. The number of nitrogens with zero attached hydrogens (tertiary/aromatic N) is 3. The predicted octanol–water partition coefficient (Wildman–Crippen LogP) is 5.93. The van der Waals surface area contributed by atoms with Gasteiger partial charge in [-0.3, -0.25) is 9.36 Å². The van der Waals surface area contributed by atoms with Crippen LogP contribution in [0.15, 0.2) is 105 Å². The molecule has 0 aliphatic carbocycles. The number of hydrogen-bond acceptors (Lipinski definition) is 7. The van der Waals surface area contributed by atoms with Crippen LogP contribution in [0.2, 0.25) is 0 Å². The van der Waals surface area contributed by atoms with Crippen LogP contribution < -0.4 is 24.5 Å². The van der Waals surface area contributed by atoms with Crippen molar-refractivity contribution in [3.05, 3.63) is 131 Å². The van der Waals surface area contributed by atoms with Crippen molar-refractivity contribution in [2.24, 2.45) is 4.99 Å². The lowest BCUT2D eigenvalue weighted by Gasteiger charge is -2.28. The highest BCUT2D eigenvalue weighted by Crippen LogP contribution is 2.42. The van der Waals surface area contributed by atoms with E-state index in [0.29, 0.717) is 26.3 Å². The fraction of sp³-hybridized carbons (Fsp3) is 0.171. The summed E-state index contributed by atoms with van der Waals surface area (Å²) in [5.41, 5.74) is 3.83. The molecule has 0 fully saturated rings. The van der Waals surface area contributed by atoms with E-state index in [9.17, 15) is 9.59 Å². The summed E-state index contributed by atoms with van der Waals surface area (Å²) in [6.07, 6.45) is 1.86. The molecule has 1 atom stereocenters. The number of rotatable bonds is 7.